The van der Waals surface area contributed by atoms with E-state index in [1.54, 1.807) is 0 Å². The fourth-order valence-electron chi connectivity index (χ4n) is 2.27. The Labute approximate surface area is 145 Å². The van der Waals surface area contributed by atoms with Crippen LogP contribution in [-0.4, -0.2) is 11.8 Å². The highest BCUT2D eigenvalue weighted by molar-refractivity contribution is 6.60. The number of amides is 2. The first-order valence-electron chi connectivity index (χ1n) is 6.39. The molecule has 0 spiro atoms. The van der Waals surface area contributed by atoms with E-state index in [9.17, 15) is 14.0 Å². The minimum absolute atomic E-state index is 0.00719. The maximum atomic E-state index is 13.0. The van der Waals surface area contributed by atoms with E-state index in [4.69, 9.17) is 34.8 Å². The van der Waals surface area contributed by atoms with Crippen molar-refractivity contribution in [3.63, 3.8) is 0 Å². The monoisotopic (exact) mass is 369 g/mol. The Hall–Kier alpha value is -1.88. The van der Waals surface area contributed by atoms with Gasteiger partial charge in [0.25, 0.3) is 11.8 Å². The maximum absolute atomic E-state index is 13.0. The van der Waals surface area contributed by atoms with Gasteiger partial charge in [-0.2, -0.15) is 0 Å². The van der Waals surface area contributed by atoms with Crippen molar-refractivity contribution in [2.45, 2.75) is 0 Å². The average Bonchev–Trinajstić information content (AvgIpc) is 2.69. The number of benzene rings is 2. The van der Waals surface area contributed by atoms with Gasteiger partial charge in [-0.3, -0.25) is 9.59 Å². The predicted molar refractivity (Wildman–Crippen MR) is 88.1 cm³/mol. The van der Waals surface area contributed by atoms with E-state index >= 15 is 0 Å². The number of hydrogen-bond acceptors (Lipinski definition) is 2. The third-order valence-corrected chi connectivity index (χ3v) is 4.05. The molecule has 7 heteroatoms. The summed E-state index contributed by atoms with van der Waals surface area (Å²) < 4.78 is 13.0. The molecule has 0 radical (unpaired) electrons. The van der Waals surface area contributed by atoms with Gasteiger partial charge in [-0.05, 0) is 35.9 Å². The number of nitrogens with zero attached hydrogens (tertiary/aromatic N) is 1. The minimum Gasteiger partial charge on any atom is -0.268 e. The third kappa shape index (κ3) is 2.85. The number of carbonyl (C=O) groups excluding carboxylic acids is 2. The van der Waals surface area contributed by atoms with Crippen LogP contribution in [0.5, 0.6) is 0 Å². The van der Waals surface area contributed by atoms with Crippen molar-refractivity contribution in [1.82, 2.24) is 0 Å². The molecule has 2 aromatic carbocycles. The van der Waals surface area contributed by atoms with Crippen molar-refractivity contribution < 1.29 is 14.0 Å². The number of halogens is 4. The van der Waals surface area contributed by atoms with Crippen LogP contribution in [0.1, 0.15) is 5.56 Å². The number of rotatable bonds is 2. The number of hydrogen-bond donors (Lipinski definition) is 0. The molecule has 1 aliphatic heterocycles. The molecule has 0 aromatic heterocycles. The molecule has 0 N–H and O–H groups in total. The van der Waals surface area contributed by atoms with Gasteiger partial charge in [0.2, 0.25) is 0 Å². The summed E-state index contributed by atoms with van der Waals surface area (Å²) in [6, 6.07) is 9.47. The van der Waals surface area contributed by atoms with E-state index in [-0.39, 0.29) is 26.3 Å². The normalized spacial score (nSPS) is 14.9. The van der Waals surface area contributed by atoms with Crippen molar-refractivity contribution in [2.75, 3.05) is 4.90 Å². The summed E-state index contributed by atoms with van der Waals surface area (Å²) in [5.41, 5.74) is 0.575. The van der Waals surface area contributed by atoms with Crippen LogP contribution in [-0.2, 0) is 9.59 Å². The Morgan fingerprint density at radius 2 is 1.39 bits per heavy atom. The third-order valence-electron chi connectivity index (χ3n) is 3.27. The molecule has 1 aliphatic rings. The summed E-state index contributed by atoms with van der Waals surface area (Å²) >= 11 is 17.8. The van der Waals surface area contributed by atoms with Gasteiger partial charge < -0.3 is 0 Å². The highest BCUT2D eigenvalue weighted by Gasteiger charge is 2.39. The van der Waals surface area contributed by atoms with Gasteiger partial charge >= 0.3 is 0 Å². The molecule has 23 heavy (non-hydrogen) atoms. The maximum Gasteiger partial charge on any atom is 0.277 e. The molecule has 0 saturated heterocycles. The quantitative estimate of drug-likeness (QED) is 0.721. The zero-order valence-electron chi connectivity index (χ0n) is 11.3. The Morgan fingerprint density at radius 3 is 1.96 bits per heavy atom. The SMILES string of the molecule is O=C1C(Cl)=C(c2ccc(F)cc2)C(=O)N1c1cc(Cl)cc(Cl)c1. The molecule has 2 amide bonds. The van der Waals surface area contributed by atoms with Crippen LogP contribution in [0.15, 0.2) is 47.5 Å². The zero-order chi connectivity index (χ0) is 16.7. The smallest absolute Gasteiger partial charge is 0.268 e. The van der Waals surface area contributed by atoms with Gasteiger partial charge in [0.05, 0.1) is 11.3 Å². The first-order chi connectivity index (χ1) is 10.9. The summed E-state index contributed by atoms with van der Waals surface area (Å²) in [5.74, 6) is -1.76. The standard InChI is InChI=1S/C16H7Cl3FNO2/c17-9-5-10(18)7-12(6-9)21-15(22)13(14(19)16(21)23)8-1-3-11(20)4-2-8/h1-7H. The van der Waals surface area contributed by atoms with E-state index in [0.717, 1.165) is 4.90 Å². The zero-order valence-corrected chi connectivity index (χ0v) is 13.6. The van der Waals surface area contributed by atoms with Crippen LogP contribution in [0.25, 0.3) is 5.57 Å². The second-order valence-electron chi connectivity index (χ2n) is 4.77. The van der Waals surface area contributed by atoms with Crippen LogP contribution in [0.2, 0.25) is 10.0 Å². The molecule has 0 bridgehead atoms. The Morgan fingerprint density at radius 1 is 0.826 bits per heavy atom. The lowest BCUT2D eigenvalue weighted by Gasteiger charge is -2.15. The van der Waals surface area contributed by atoms with Crippen molar-refractivity contribution in [3.8, 4) is 0 Å². The second kappa shape index (κ2) is 5.96. The molecule has 2 aromatic rings. The lowest BCUT2D eigenvalue weighted by Crippen LogP contribution is -2.31. The summed E-state index contributed by atoms with van der Waals surface area (Å²) in [6.45, 7) is 0. The molecule has 116 valence electrons. The molecule has 0 aliphatic carbocycles. The van der Waals surface area contributed by atoms with Crippen LogP contribution >= 0.6 is 34.8 Å². The second-order valence-corrected chi connectivity index (χ2v) is 6.02. The summed E-state index contributed by atoms with van der Waals surface area (Å²) in [5, 5.41) is 0.316. The molecule has 0 saturated carbocycles. The molecule has 3 rings (SSSR count). The van der Waals surface area contributed by atoms with E-state index in [2.05, 4.69) is 0 Å². The Kier molecular flexibility index (Phi) is 4.15. The van der Waals surface area contributed by atoms with E-state index in [0.29, 0.717) is 5.56 Å². The minimum atomic E-state index is -0.686. The van der Waals surface area contributed by atoms with Crippen molar-refractivity contribution in [1.29, 1.82) is 0 Å². The molecular formula is C16H7Cl3FNO2. The van der Waals surface area contributed by atoms with Gasteiger partial charge in [-0.25, -0.2) is 9.29 Å². The fourth-order valence-corrected chi connectivity index (χ4v) is 3.06. The largest absolute Gasteiger partial charge is 0.277 e. The number of carbonyl (C=O) groups is 2. The molecule has 0 fully saturated rings. The predicted octanol–water partition coefficient (Wildman–Crippen LogP) is 4.66. The Bertz CT molecular complexity index is 842. The number of anilines is 1. The van der Waals surface area contributed by atoms with Gasteiger partial charge in [-0.1, -0.05) is 46.9 Å². The number of imide groups is 1. The molecular weight excluding hydrogens is 364 g/mol. The van der Waals surface area contributed by atoms with Gasteiger partial charge in [0.15, 0.2) is 0 Å². The van der Waals surface area contributed by atoms with Crippen LogP contribution in [0, 0.1) is 5.82 Å². The average molecular weight is 371 g/mol. The summed E-state index contributed by atoms with van der Waals surface area (Å²) in [6.07, 6.45) is 0. The van der Waals surface area contributed by atoms with Crippen molar-refractivity contribution >= 4 is 57.9 Å². The summed E-state index contributed by atoms with van der Waals surface area (Å²) in [7, 11) is 0. The first kappa shape index (κ1) is 16.0. The highest BCUT2D eigenvalue weighted by Crippen LogP contribution is 2.36. The van der Waals surface area contributed by atoms with Crippen LogP contribution in [0.3, 0.4) is 0 Å². The van der Waals surface area contributed by atoms with Gasteiger partial charge in [-0.15, -0.1) is 0 Å². The fraction of sp³-hybridized carbons (Fsp3) is 0. The van der Waals surface area contributed by atoms with Gasteiger partial charge in [0.1, 0.15) is 10.8 Å². The van der Waals surface area contributed by atoms with Crippen molar-refractivity contribution in [3.05, 3.63) is 68.9 Å². The topological polar surface area (TPSA) is 37.4 Å². The van der Waals surface area contributed by atoms with Crippen LogP contribution in [0.4, 0.5) is 10.1 Å². The molecule has 1 heterocycles. The lowest BCUT2D eigenvalue weighted by molar-refractivity contribution is -0.119. The summed E-state index contributed by atoms with van der Waals surface area (Å²) in [4.78, 5) is 25.8. The molecule has 3 nitrogen and oxygen atoms in total. The molecule has 0 unspecified atom stereocenters. The lowest BCUT2D eigenvalue weighted by atomic mass is 10.1. The van der Waals surface area contributed by atoms with Crippen molar-refractivity contribution in [2.24, 2.45) is 0 Å². The van der Waals surface area contributed by atoms with E-state index in [1.165, 1.54) is 42.5 Å². The Balaban J connectivity index is 2.07. The highest BCUT2D eigenvalue weighted by atomic mass is 35.5. The van der Waals surface area contributed by atoms with Crippen LogP contribution < -0.4 is 4.90 Å². The van der Waals surface area contributed by atoms with E-state index < -0.39 is 17.6 Å². The first-order valence-corrected chi connectivity index (χ1v) is 7.52. The van der Waals surface area contributed by atoms with Gasteiger partial charge in [0, 0.05) is 10.0 Å². The van der Waals surface area contributed by atoms with E-state index in [1.807, 2.05) is 0 Å². The molecule has 0 atom stereocenters.